The summed E-state index contributed by atoms with van der Waals surface area (Å²) in [5.74, 6) is -0.944. The number of rotatable bonds is 3. The molecule has 0 spiro atoms. The fourth-order valence-electron chi connectivity index (χ4n) is 2.27. The highest BCUT2D eigenvalue weighted by atomic mass is 79.9. The minimum absolute atomic E-state index is 0.213. The zero-order valence-electron chi connectivity index (χ0n) is 11.5. The number of benzene rings is 1. The van der Waals surface area contributed by atoms with Crippen LogP contribution in [0.25, 0.3) is 6.08 Å². The molecule has 20 heavy (non-hydrogen) atoms. The molecule has 1 aliphatic rings. The summed E-state index contributed by atoms with van der Waals surface area (Å²) in [5.41, 5.74) is 1.97. The van der Waals surface area contributed by atoms with Gasteiger partial charge in [0.15, 0.2) is 0 Å². The van der Waals surface area contributed by atoms with Crippen LogP contribution >= 0.6 is 15.9 Å². The van der Waals surface area contributed by atoms with E-state index in [1.807, 2.05) is 18.2 Å². The Kier molecular flexibility index (Phi) is 4.83. The fraction of sp³-hybridized carbons (Fsp3) is 0.400. The quantitative estimate of drug-likeness (QED) is 0.859. The number of anilines is 1. The lowest BCUT2D eigenvalue weighted by atomic mass is 10.1. The first-order valence-corrected chi connectivity index (χ1v) is 7.35. The molecule has 0 saturated carbocycles. The van der Waals surface area contributed by atoms with E-state index in [-0.39, 0.29) is 6.10 Å². The third-order valence-corrected chi connectivity index (χ3v) is 3.94. The number of hydrogen-bond donors (Lipinski definition) is 1. The summed E-state index contributed by atoms with van der Waals surface area (Å²) in [6.07, 6.45) is 2.94. The number of carboxylic acids is 1. The van der Waals surface area contributed by atoms with E-state index in [9.17, 15) is 4.79 Å². The second-order valence-electron chi connectivity index (χ2n) is 5.03. The molecule has 0 aliphatic carbocycles. The summed E-state index contributed by atoms with van der Waals surface area (Å²) in [6, 6.07) is 6.19. The van der Waals surface area contributed by atoms with Crippen LogP contribution in [0, 0.1) is 0 Å². The molecule has 5 heteroatoms. The molecule has 0 radical (unpaired) electrons. The third-order valence-electron chi connectivity index (χ3n) is 3.31. The summed E-state index contributed by atoms with van der Waals surface area (Å²) in [5, 5.41) is 8.65. The van der Waals surface area contributed by atoms with E-state index >= 15 is 0 Å². The van der Waals surface area contributed by atoms with Gasteiger partial charge in [-0.05, 0) is 53.5 Å². The number of carboxylic acid groups (broad SMARTS) is 1. The molecule has 2 atom stereocenters. The van der Waals surface area contributed by atoms with Gasteiger partial charge < -0.3 is 14.7 Å². The van der Waals surface area contributed by atoms with E-state index < -0.39 is 5.97 Å². The topological polar surface area (TPSA) is 49.8 Å². The Morgan fingerprint density at radius 3 is 2.90 bits per heavy atom. The van der Waals surface area contributed by atoms with Gasteiger partial charge in [-0.2, -0.15) is 0 Å². The highest BCUT2D eigenvalue weighted by molar-refractivity contribution is 9.10. The van der Waals surface area contributed by atoms with Gasteiger partial charge in [-0.1, -0.05) is 6.07 Å². The molecule has 108 valence electrons. The van der Waals surface area contributed by atoms with E-state index in [0.29, 0.717) is 12.6 Å². The Hall–Kier alpha value is -1.33. The van der Waals surface area contributed by atoms with Crippen molar-refractivity contribution < 1.29 is 14.6 Å². The van der Waals surface area contributed by atoms with Crippen LogP contribution in [-0.4, -0.2) is 36.4 Å². The lowest BCUT2D eigenvalue weighted by molar-refractivity contribution is -0.131. The number of ether oxygens (including phenoxy) is 1. The van der Waals surface area contributed by atoms with Crippen LogP contribution in [0.3, 0.4) is 0 Å². The van der Waals surface area contributed by atoms with Crippen molar-refractivity contribution in [3.63, 3.8) is 0 Å². The number of halogens is 1. The van der Waals surface area contributed by atoms with Crippen LogP contribution in [0.1, 0.15) is 19.4 Å². The van der Waals surface area contributed by atoms with Crippen LogP contribution in [0.15, 0.2) is 28.7 Å². The molecule has 1 heterocycles. The molecule has 0 aromatic heterocycles. The molecule has 4 nitrogen and oxygen atoms in total. The second kappa shape index (κ2) is 6.41. The normalized spacial score (nSPS) is 23.2. The zero-order chi connectivity index (χ0) is 14.7. The smallest absolute Gasteiger partial charge is 0.328 e. The van der Waals surface area contributed by atoms with E-state index in [1.165, 1.54) is 0 Å². The third kappa shape index (κ3) is 3.61. The van der Waals surface area contributed by atoms with Crippen LogP contribution in [-0.2, 0) is 9.53 Å². The maximum atomic E-state index is 10.5. The van der Waals surface area contributed by atoms with Crippen molar-refractivity contribution in [2.75, 3.05) is 18.1 Å². The van der Waals surface area contributed by atoms with Crippen molar-refractivity contribution in [3.8, 4) is 0 Å². The first-order chi connectivity index (χ1) is 9.47. The van der Waals surface area contributed by atoms with Gasteiger partial charge in [0.05, 0.1) is 18.4 Å². The molecule has 2 rings (SSSR count). The number of morpholine rings is 1. The molecule has 2 unspecified atom stereocenters. The van der Waals surface area contributed by atoms with Gasteiger partial charge in [0.25, 0.3) is 0 Å². The summed E-state index contributed by atoms with van der Waals surface area (Å²) < 4.78 is 6.60. The minimum Gasteiger partial charge on any atom is -0.478 e. The van der Waals surface area contributed by atoms with Gasteiger partial charge >= 0.3 is 5.97 Å². The van der Waals surface area contributed by atoms with E-state index in [2.05, 4.69) is 34.7 Å². The largest absolute Gasteiger partial charge is 0.478 e. The van der Waals surface area contributed by atoms with E-state index in [0.717, 1.165) is 28.3 Å². The van der Waals surface area contributed by atoms with Crippen LogP contribution in [0.2, 0.25) is 0 Å². The maximum absolute atomic E-state index is 10.5. The molecule has 0 amide bonds. The van der Waals surface area contributed by atoms with Gasteiger partial charge in [-0.3, -0.25) is 0 Å². The van der Waals surface area contributed by atoms with Gasteiger partial charge in [-0.15, -0.1) is 0 Å². The highest BCUT2D eigenvalue weighted by Crippen LogP contribution is 2.31. The first-order valence-electron chi connectivity index (χ1n) is 6.56. The zero-order valence-corrected chi connectivity index (χ0v) is 13.1. The Morgan fingerprint density at radius 1 is 1.50 bits per heavy atom. The van der Waals surface area contributed by atoms with Crippen molar-refractivity contribution >= 4 is 33.7 Å². The van der Waals surface area contributed by atoms with Crippen molar-refractivity contribution in [1.29, 1.82) is 0 Å². The predicted molar refractivity (Wildman–Crippen MR) is 83.0 cm³/mol. The van der Waals surface area contributed by atoms with Gasteiger partial charge in [0.1, 0.15) is 0 Å². The molecule has 1 saturated heterocycles. The minimum atomic E-state index is -0.944. The molecule has 0 bridgehead atoms. The molecular weight excluding hydrogens is 322 g/mol. The van der Waals surface area contributed by atoms with Crippen LogP contribution in [0.4, 0.5) is 5.69 Å². The lowest BCUT2D eigenvalue weighted by Gasteiger charge is -2.39. The first kappa shape index (κ1) is 15.1. The Labute approximate surface area is 127 Å². The number of nitrogens with zero attached hydrogens (tertiary/aromatic N) is 1. The van der Waals surface area contributed by atoms with Gasteiger partial charge in [-0.25, -0.2) is 4.79 Å². The van der Waals surface area contributed by atoms with E-state index in [4.69, 9.17) is 9.84 Å². The fourth-order valence-corrected chi connectivity index (χ4v) is 2.89. The average Bonchev–Trinajstić information content (AvgIpc) is 2.39. The molecule has 1 aromatic rings. The SMILES string of the molecule is CC1CN(c2ccc(/C=C/C(=O)O)cc2Br)C(C)CO1. The van der Waals surface area contributed by atoms with E-state index in [1.54, 1.807) is 6.08 Å². The van der Waals surface area contributed by atoms with Crippen molar-refractivity contribution in [2.24, 2.45) is 0 Å². The van der Waals surface area contributed by atoms with Crippen LogP contribution < -0.4 is 4.90 Å². The summed E-state index contributed by atoms with van der Waals surface area (Å²) in [6.45, 7) is 5.77. The number of hydrogen-bond acceptors (Lipinski definition) is 3. The van der Waals surface area contributed by atoms with Crippen molar-refractivity contribution in [2.45, 2.75) is 26.0 Å². The monoisotopic (exact) mass is 339 g/mol. The summed E-state index contributed by atoms with van der Waals surface area (Å²) in [4.78, 5) is 12.8. The molecule has 1 aromatic carbocycles. The molecule has 1 N–H and O–H groups in total. The van der Waals surface area contributed by atoms with Crippen LogP contribution in [0.5, 0.6) is 0 Å². The summed E-state index contributed by atoms with van der Waals surface area (Å²) in [7, 11) is 0. The highest BCUT2D eigenvalue weighted by Gasteiger charge is 2.24. The van der Waals surface area contributed by atoms with Crippen molar-refractivity contribution in [3.05, 3.63) is 34.3 Å². The predicted octanol–water partition coefficient (Wildman–Crippen LogP) is 3.16. The lowest BCUT2D eigenvalue weighted by Crippen LogP contribution is -2.47. The van der Waals surface area contributed by atoms with Gasteiger partial charge in [0, 0.05) is 23.1 Å². The Bertz CT molecular complexity index is 530. The molecule has 1 aliphatic heterocycles. The molecule has 1 fully saturated rings. The number of carbonyl (C=O) groups is 1. The Balaban J connectivity index is 2.22. The van der Waals surface area contributed by atoms with Crippen molar-refractivity contribution in [1.82, 2.24) is 0 Å². The van der Waals surface area contributed by atoms with Gasteiger partial charge in [0.2, 0.25) is 0 Å². The summed E-state index contributed by atoms with van der Waals surface area (Å²) >= 11 is 3.57. The Morgan fingerprint density at radius 2 is 2.25 bits per heavy atom. The second-order valence-corrected chi connectivity index (χ2v) is 5.88. The number of aliphatic carboxylic acids is 1. The average molecular weight is 340 g/mol. The molecular formula is C15H18BrNO3. The maximum Gasteiger partial charge on any atom is 0.328 e. The standard InChI is InChI=1S/C15H18BrNO3/c1-10-9-20-11(2)8-17(10)14-5-3-12(7-13(14)16)4-6-15(18)19/h3-7,10-11H,8-9H2,1-2H3,(H,18,19)/b6-4+.